The Hall–Kier alpha value is -3.10. The number of hydrogen-bond donors (Lipinski definition) is 2. The number of thiazole rings is 1. The maximum atomic E-state index is 12.5. The Kier molecular flexibility index (Phi) is 5.61. The second-order valence-electron chi connectivity index (χ2n) is 6.63. The molecule has 154 valence electrons. The van der Waals surface area contributed by atoms with Crippen LogP contribution in [0.2, 0.25) is 0 Å². The van der Waals surface area contributed by atoms with Crippen molar-refractivity contribution in [3.05, 3.63) is 59.0 Å². The van der Waals surface area contributed by atoms with Gasteiger partial charge in [0.25, 0.3) is 5.91 Å². The molecular formula is C21H19ClN4O3S. The van der Waals surface area contributed by atoms with E-state index < -0.39 is 5.91 Å². The number of methoxy groups -OCH3 is 1. The quantitative estimate of drug-likeness (QED) is 0.584. The number of pyridine rings is 1. The van der Waals surface area contributed by atoms with E-state index in [1.807, 2.05) is 36.2 Å². The molecule has 4 rings (SSSR count). The number of carbonyl (C=O) groups excluding carboxylic acids is 1. The van der Waals surface area contributed by atoms with E-state index in [2.05, 4.69) is 21.4 Å². The number of rotatable bonds is 5. The molecule has 2 aromatic heterocycles. The van der Waals surface area contributed by atoms with Crippen molar-refractivity contribution in [2.45, 2.75) is 12.8 Å². The molecule has 9 heteroatoms. The van der Waals surface area contributed by atoms with Crippen LogP contribution in [0, 0.1) is 0 Å². The topological polar surface area (TPSA) is 87.6 Å². The summed E-state index contributed by atoms with van der Waals surface area (Å²) in [6.45, 7) is 0. The predicted molar refractivity (Wildman–Crippen MR) is 120 cm³/mol. The standard InChI is InChI=1S/C21H19ClN4O3S/c1-26(15-6-4-3-5-13(15)22)12-7-8-14-17(11-12)30-21(24-14)25-20(28)18-19(27)16(29-2)9-10-23-18/h4,6-11,27H,3,5H2,1-2H3,(H,24,25,28). The smallest absolute Gasteiger partial charge is 0.280 e. The Balaban J connectivity index is 1.59. The number of carbonyl (C=O) groups is 1. The van der Waals surface area contributed by atoms with E-state index in [4.69, 9.17) is 16.3 Å². The monoisotopic (exact) mass is 442 g/mol. The van der Waals surface area contributed by atoms with E-state index in [0.29, 0.717) is 5.13 Å². The normalized spacial score (nSPS) is 13.6. The number of fused-ring (bicyclic) bond motifs is 1. The Labute approximate surface area is 182 Å². The highest BCUT2D eigenvalue weighted by Gasteiger charge is 2.19. The van der Waals surface area contributed by atoms with Crippen molar-refractivity contribution in [2.75, 3.05) is 24.4 Å². The largest absolute Gasteiger partial charge is 0.503 e. The van der Waals surface area contributed by atoms with Crippen molar-refractivity contribution in [3.63, 3.8) is 0 Å². The van der Waals surface area contributed by atoms with Crippen molar-refractivity contribution in [3.8, 4) is 11.5 Å². The Morgan fingerprint density at radius 2 is 2.20 bits per heavy atom. The van der Waals surface area contributed by atoms with Gasteiger partial charge in [-0.3, -0.25) is 10.1 Å². The van der Waals surface area contributed by atoms with Crippen LogP contribution in [-0.2, 0) is 0 Å². The number of halogens is 1. The number of aromatic hydroxyl groups is 1. The molecule has 0 saturated heterocycles. The van der Waals surface area contributed by atoms with Crippen LogP contribution in [0.4, 0.5) is 10.8 Å². The fourth-order valence-electron chi connectivity index (χ4n) is 3.16. The van der Waals surface area contributed by atoms with Gasteiger partial charge in [-0.1, -0.05) is 29.0 Å². The van der Waals surface area contributed by atoms with Crippen LogP contribution in [0.3, 0.4) is 0 Å². The zero-order valence-electron chi connectivity index (χ0n) is 16.3. The summed E-state index contributed by atoms with van der Waals surface area (Å²) in [6, 6.07) is 7.34. The van der Waals surface area contributed by atoms with Gasteiger partial charge < -0.3 is 14.7 Å². The molecule has 1 aromatic carbocycles. The van der Waals surface area contributed by atoms with Gasteiger partial charge in [0.2, 0.25) is 0 Å². The highest BCUT2D eigenvalue weighted by atomic mass is 35.5. The number of nitrogens with one attached hydrogen (secondary N) is 1. The fourth-order valence-corrected chi connectivity index (χ4v) is 4.35. The molecule has 0 saturated carbocycles. The zero-order chi connectivity index (χ0) is 21.3. The summed E-state index contributed by atoms with van der Waals surface area (Å²) in [5.74, 6) is -0.697. The van der Waals surface area contributed by atoms with Crippen LogP contribution in [0.1, 0.15) is 23.3 Å². The molecule has 1 aliphatic rings. The van der Waals surface area contributed by atoms with Gasteiger partial charge in [0, 0.05) is 30.0 Å². The highest BCUT2D eigenvalue weighted by Crippen LogP contribution is 2.34. The second-order valence-corrected chi connectivity index (χ2v) is 8.11. The molecule has 2 heterocycles. The molecule has 0 spiro atoms. The summed E-state index contributed by atoms with van der Waals surface area (Å²) < 4.78 is 5.93. The van der Waals surface area contributed by atoms with Crippen molar-refractivity contribution in [2.24, 2.45) is 0 Å². The van der Waals surface area contributed by atoms with E-state index in [9.17, 15) is 9.90 Å². The second kappa shape index (κ2) is 8.33. The number of aromatic nitrogens is 2. The van der Waals surface area contributed by atoms with E-state index in [1.165, 1.54) is 30.7 Å². The molecule has 0 fully saturated rings. The van der Waals surface area contributed by atoms with Crippen LogP contribution in [0.25, 0.3) is 10.2 Å². The minimum absolute atomic E-state index is 0.125. The van der Waals surface area contributed by atoms with E-state index in [0.717, 1.165) is 39.5 Å². The summed E-state index contributed by atoms with van der Waals surface area (Å²) in [7, 11) is 3.38. The van der Waals surface area contributed by atoms with Gasteiger partial charge in [0.15, 0.2) is 22.3 Å². The predicted octanol–water partition coefficient (Wildman–Crippen LogP) is 4.89. The maximum absolute atomic E-state index is 12.5. The summed E-state index contributed by atoms with van der Waals surface area (Å²) in [5, 5.41) is 14.1. The van der Waals surface area contributed by atoms with Crippen LogP contribution < -0.4 is 15.0 Å². The number of benzene rings is 1. The average Bonchev–Trinajstić information content (AvgIpc) is 3.15. The molecule has 0 bridgehead atoms. The molecule has 0 aliphatic heterocycles. The molecule has 0 unspecified atom stereocenters. The summed E-state index contributed by atoms with van der Waals surface area (Å²) >= 11 is 7.73. The number of amides is 1. The first-order valence-corrected chi connectivity index (χ1v) is 10.4. The molecule has 7 nitrogen and oxygen atoms in total. The Bertz CT molecular complexity index is 1190. The summed E-state index contributed by atoms with van der Waals surface area (Å²) in [5.41, 5.74) is 2.57. The van der Waals surface area contributed by atoms with E-state index in [1.54, 1.807) is 0 Å². The lowest BCUT2D eigenvalue weighted by molar-refractivity contribution is 0.101. The lowest BCUT2D eigenvalue weighted by atomic mass is 10.1. The van der Waals surface area contributed by atoms with Gasteiger partial charge in [-0.2, -0.15) is 0 Å². The minimum atomic E-state index is -0.563. The first-order chi connectivity index (χ1) is 14.5. The third-order valence-electron chi connectivity index (χ3n) is 4.75. The van der Waals surface area contributed by atoms with Crippen molar-refractivity contribution >= 4 is 49.9 Å². The maximum Gasteiger partial charge on any atom is 0.280 e. The van der Waals surface area contributed by atoms with Gasteiger partial charge in [-0.05, 0) is 37.1 Å². The van der Waals surface area contributed by atoms with Gasteiger partial charge in [-0.25, -0.2) is 9.97 Å². The lowest BCUT2D eigenvalue weighted by Gasteiger charge is -2.24. The van der Waals surface area contributed by atoms with Gasteiger partial charge in [-0.15, -0.1) is 0 Å². The molecule has 2 N–H and O–H groups in total. The Morgan fingerprint density at radius 1 is 1.37 bits per heavy atom. The first-order valence-electron chi connectivity index (χ1n) is 9.20. The minimum Gasteiger partial charge on any atom is -0.503 e. The van der Waals surface area contributed by atoms with Crippen molar-refractivity contribution < 1.29 is 14.6 Å². The van der Waals surface area contributed by atoms with Crippen LogP contribution in [0.5, 0.6) is 11.5 Å². The van der Waals surface area contributed by atoms with Gasteiger partial charge in [0.05, 0.1) is 23.0 Å². The van der Waals surface area contributed by atoms with Crippen LogP contribution >= 0.6 is 22.9 Å². The number of likely N-dealkylation sites (N-methyl/N-ethyl adjacent to an activating group) is 1. The van der Waals surface area contributed by atoms with E-state index >= 15 is 0 Å². The summed E-state index contributed by atoms with van der Waals surface area (Å²) in [6.07, 6.45) is 7.32. The molecule has 0 radical (unpaired) electrons. The first kappa shape index (κ1) is 20.2. The van der Waals surface area contributed by atoms with Gasteiger partial charge >= 0.3 is 0 Å². The third kappa shape index (κ3) is 3.83. The highest BCUT2D eigenvalue weighted by molar-refractivity contribution is 7.22. The number of ether oxygens (including phenoxy) is 1. The fraction of sp³-hybridized carbons (Fsp3) is 0.190. The molecule has 3 aromatic rings. The van der Waals surface area contributed by atoms with E-state index in [-0.39, 0.29) is 17.2 Å². The molecule has 1 aliphatic carbocycles. The number of hydrogen-bond acceptors (Lipinski definition) is 7. The van der Waals surface area contributed by atoms with Crippen molar-refractivity contribution in [1.82, 2.24) is 9.97 Å². The summed E-state index contributed by atoms with van der Waals surface area (Å²) in [4.78, 5) is 23.0. The number of nitrogens with zero attached hydrogens (tertiary/aromatic N) is 3. The zero-order valence-corrected chi connectivity index (χ0v) is 17.9. The molecular weight excluding hydrogens is 424 g/mol. The van der Waals surface area contributed by atoms with Crippen LogP contribution in [-0.4, -0.2) is 35.1 Å². The SMILES string of the molecule is COc1ccnc(C(=O)Nc2nc3ccc(N(C)C4=C(Cl)CCC=C4)cc3s2)c1O. The molecule has 0 atom stereocenters. The number of allylic oxidation sites excluding steroid dienone is 3. The molecule has 30 heavy (non-hydrogen) atoms. The lowest BCUT2D eigenvalue weighted by Crippen LogP contribution is -2.17. The van der Waals surface area contributed by atoms with Crippen LogP contribution in [0.15, 0.2) is 53.3 Å². The average molecular weight is 443 g/mol. The van der Waals surface area contributed by atoms with Gasteiger partial charge in [0.1, 0.15) is 0 Å². The molecule has 1 amide bonds. The number of anilines is 2. The van der Waals surface area contributed by atoms with Crippen molar-refractivity contribution in [1.29, 1.82) is 0 Å². The third-order valence-corrected chi connectivity index (χ3v) is 6.06. The Morgan fingerprint density at radius 3 is 2.97 bits per heavy atom.